The Morgan fingerprint density at radius 3 is 2.60 bits per heavy atom. The first-order chi connectivity index (χ1) is 4.41. The van der Waals surface area contributed by atoms with Crippen LogP contribution in [0.15, 0.2) is 0 Å². The molecule has 0 aliphatic rings. The Labute approximate surface area is 108 Å². The zero-order valence-electron chi connectivity index (χ0n) is 6.73. The summed E-state index contributed by atoms with van der Waals surface area (Å²) in [5, 5.41) is 3.13. The van der Waals surface area contributed by atoms with E-state index < -0.39 is 9.76 Å². The average Bonchev–Trinajstić information content (AvgIpc) is 1.89. The molecule has 0 saturated heterocycles. The van der Waals surface area contributed by atoms with E-state index in [-0.39, 0.29) is 51.4 Å². The van der Waals surface area contributed by atoms with Crippen LogP contribution in [-0.4, -0.2) is 29.4 Å². The van der Waals surface area contributed by atoms with Gasteiger partial charge in [0.05, 0.1) is 0 Å². The quantitative estimate of drug-likeness (QED) is 0.322. The molecule has 0 saturated carbocycles. The van der Waals surface area contributed by atoms with Gasteiger partial charge in [-0.2, -0.15) is 0 Å². The minimum Gasteiger partial charge on any atom is -0.863 e. The summed E-state index contributed by atoms with van der Waals surface area (Å²) in [6.45, 7) is 2.53. The summed E-state index contributed by atoms with van der Waals surface area (Å²) in [4.78, 5) is 10.0. The molecule has 0 aromatic heterocycles. The summed E-state index contributed by atoms with van der Waals surface area (Å²) in [6.07, 6.45) is 1.04. The predicted octanol–water partition coefficient (Wildman–Crippen LogP) is -5.21. The van der Waals surface area contributed by atoms with Crippen LogP contribution in [0.5, 0.6) is 0 Å². The number of nitrogens with two attached hydrogens (primary N) is 1. The van der Waals surface area contributed by atoms with Crippen molar-refractivity contribution in [1.29, 1.82) is 0 Å². The van der Waals surface area contributed by atoms with E-state index in [0.717, 1.165) is 25.6 Å². The molecule has 56 valence electrons. The second kappa shape index (κ2) is 13.3. The molecule has 0 aliphatic carbocycles. The van der Waals surface area contributed by atoms with E-state index in [0.29, 0.717) is 6.54 Å². The maximum Gasteiger partial charge on any atom is 1.00 e. The molecule has 0 amide bonds. The largest absolute Gasteiger partial charge is 1.00 e. The Bertz CT molecular complexity index is 52.9. The zero-order chi connectivity index (χ0) is 6.95. The van der Waals surface area contributed by atoms with Gasteiger partial charge in [-0.05, 0) is 13.0 Å². The maximum atomic E-state index is 10.0. The fraction of sp³-hybridized carbons (Fsp3) is 1.00. The Hall–Kier alpha value is 1.73. The topological polar surface area (TPSA) is 61.1 Å². The third-order valence-electron chi connectivity index (χ3n) is 1.07. The van der Waals surface area contributed by atoms with Crippen molar-refractivity contribution in [2.24, 2.45) is 5.73 Å². The van der Waals surface area contributed by atoms with Crippen molar-refractivity contribution >= 4 is 9.76 Å². The Morgan fingerprint density at radius 2 is 2.10 bits per heavy atom. The van der Waals surface area contributed by atoms with Gasteiger partial charge in [-0.25, -0.2) is 0 Å². The third kappa shape index (κ3) is 12.4. The second-order valence-corrected chi connectivity index (χ2v) is 3.07. The summed E-state index contributed by atoms with van der Waals surface area (Å²) < 4.78 is 0. The van der Waals surface area contributed by atoms with E-state index in [9.17, 15) is 4.80 Å². The molecular weight excluding hydrogens is 171 g/mol. The van der Waals surface area contributed by atoms with Gasteiger partial charge in [0.2, 0.25) is 0 Å². The van der Waals surface area contributed by atoms with Gasteiger partial charge in [-0.1, -0.05) is 15.8 Å². The molecule has 0 fully saturated rings. The fourth-order valence-corrected chi connectivity index (χ4v) is 1.03. The summed E-state index contributed by atoms with van der Waals surface area (Å²) in [7, 11) is -0.942. The average molecular weight is 186 g/mol. The van der Waals surface area contributed by atoms with Crippen molar-refractivity contribution in [2.75, 3.05) is 19.6 Å². The van der Waals surface area contributed by atoms with Gasteiger partial charge in [0.25, 0.3) is 0 Å². The van der Waals surface area contributed by atoms with Crippen LogP contribution in [0, 0.1) is 0 Å². The smallest absolute Gasteiger partial charge is 0.863 e. The standard InChI is InChI=1S/C5H15N2OSi.K/c6-2-4-7-3-1-5-9-8;/h7H,1-6,9H2;/q-1;+1. The molecule has 0 heterocycles. The van der Waals surface area contributed by atoms with Gasteiger partial charge >= 0.3 is 51.4 Å². The first-order valence-electron chi connectivity index (χ1n) is 3.40. The number of hydrogen-bond donors (Lipinski definition) is 2. The number of hydrogen-bond acceptors (Lipinski definition) is 3. The molecule has 0 aliphatic heterocycles. The van der Waals surface area contributed by atoms with Gasteiger partial charge in [0.15, 0.2) is 0 Å². The van der Waals surface area contributed by atoms with Crippen LogP contribution < -0.4 is 67.2 Å². The molecule has 0 atom stereocenters. The van der Waals surface area contributed by atoms with Crippen molar-refractivity contribution in [1.82, 2.24) is 5.32 Å². The second-order valence-electron chi connectivity index (χ2n) is 1.95. The SMILES string of the molecule is NCCNCCC[SiH2][O-].[K+]. The van der Waals surface area contributed by atoms with E-state index in [2.05, 4.69) is 5.32 Å². The van der Waals surface area contributed by atoms with Crippen LogP contribution in [0.3, 0.4) is 0 Å². The predicted molar refractivity (Wildman–Crippen MR) is 39.9 cm³/mol. The molecule has 5 heteroatoms. The van der Waals surface area contributed by atoms with E-state index in [4.69, 9.17) is 5.73 Å². The fourth-order valence-electron chi connectivity index (χ4n) is 0.579. The molecule has 0 bridgehead atoms. The van der Waals surface area contributed by atoms with E-state index >= 15 is 0 Å². The maximum absolute atomic E-state index is 10.0. The van der Waals surface area contributed by atoms with Crippen LogP contribution in [0.4, 0.5) is 0 Å². The summed E-state index contributed by atoms with van der Waals surface area (Å²) in [6, 6.07) is 0.914. The first-order valence-corrected chi connectivity index (χ1v) is 4.98. The van der Waals surface area contributed by atoms with Crippen LogP contribution >= 0.6 is 0 Å². The van der Waals surface area contributed by atoms with E-state index in [1.807, 2.05) is 0 Å². The number of rotatable bonds is 6. The Kier molecular flexibility index (Phi) is 19.0. The van der Waals surface area contributed by atoms with Gasteiger partial charge in [-0.3, -0.25) is 0 Å². The molecule has 3 nitrogen and oxygen atoms in total. The number of nitrogens with one attached hydrogen (secondary N) is 1. The summed E-state index contributed by atoms with van der Waals surface area (Å²) in [5.74, 6) is 0. The van der Waals surface area contributed by atoms with E-state index in [1.54, 1.807) is 0 Å². The van der Waals surface area contributed by atoms with Crippen molar-refractivity contribution in [2.45, 2.75) is 12.5 Å². The van der Waals surface area contributed by atoms with Gasteiger partial charge < -0.3 is 15.8 Å². The van der Waals surface area contributed by atoms with Crippen molar-refractivity contribution in [3.63, 3.8) is 0 Å². The van der Waals surface area contributed by atoms with Crippen LogP contribution in [-0.2, 0) is 0 Å². The van der Waals surface area contributed by atoms with Crippen LogP contribution in [0.2, 0.25) is 6.04 Å². The minimum atomic E-state index is -0.942. The molecule has 3 N–H and O–H groups in total. The Balaban J connectivity index is 0. The van der Waals surface area contributed by atoms with Gasteiger partial charge in [0, 0.05) is 13.1 Å². The monoisotopic (exact) mass is 186 g/mol. The van der Waals surface area contributed by atoms with Crippen molar-refractivity contribution in [3.05, 3.63) is 0 Å². The Morgan fingerprint density at radius 1 is 1.40 bits per heavy atom. The molecule has 10 heavy (non-hydrogen) atoms. The van der Waals surface area contributed by atoms with Gasteiger partial charge in [-0.15, -0.1) is 0 Å². The van der Waals surface area contributed by atoms with Crippen LogP contribution in [0.25, 0.3) is 0 Å². The molecule has 0 radical (unpaired) electrons. The van der Waals surface area contributed by atoms with E-state index in [1.165, 1.54) is 0 Å². The summed E-state index contributed by atoms with van der Waals surface area (Å²) in [5.41, 5.74) is 5.23. The van der Waals surface area contributed by atoms with Gasteiger partial charge in [0.1, 0.15) is 0 Å². The van der Waals surface area contributed by atoms with Crippen LogP contribution in [0.1, 0.15) is 6.42 Å². The van der Waals surface area contributed by atoms with Crippen molar-refractivity contribution < 1.29 is 56.2 Å². The zero-order valence-corrected chi connectivity index (χ0v) is 11.3. The first kappa shape index (κ1) is 14.3. The molecule has 0 unspecified atom stereocenters. The molecule has 0 rings (SSSR count). The van der Waals surface area contributed by atoms with Crippen molar-refractivity contribution in [3.8, 4) is 0 Å². The minimum absolute atomic E-state index is 0. The normalized spacial score (nSPS) is 10.2. The molecular formula is C5H15KN2OSi. The third-order valence-corrected chi connectivity index (χ3v) is 1.86. The molecule has 0 aromatic rings. The molecule has 0 spiro atoms. The molecule has 0 aromatic carbocycles. The summed E-state index contributed by atoms with van der Waals surface area (Å²) >= 11 is 0.